The van der Waals surface area contributed by atoms with Crippen molar-refractivity contribution in [2.24, 2.45) is 0 Å². The van der Waals surface area contributed by atoms with Gasteiger partial charge in [0.25, 0.3) is 0 Å². The SMILES string of the molecule is CCOC(=O)c1cc2[nH]c(-c3cc(C)c4ncnn4c3)c(C(C)C)c2s1. The van der Waals surface area contributed by atoms with Gasteiger partial charge in [0.1, 0.15) is 11.2 Å². The van der Waals surface area contributed by atoms with E-state index in [1.165, 1.54) is 16.9 Å². The molecule has 0 fully saturated rings. The van der Waals surface area contributed by atoms with Crippen LogP contribution in [0.4, 0.5) is 0 Å². The molecule has 1 N–H and O–H groups in total. The van der Waals surface area contributed by atoms with Crippen molar-refractivity contribution in [3.63, 3.8) is 0 Å². The molecule has 0 atom stereocenters. The van der Waals surface area contributed by atoms with E-state index in [0.29, 0.717) is 17.4 Å². The molecular formula is C19H20N4O2S. The van der Waals surface area contributed by atoms with E-state index in [4.69, 9.17) is 4.74 Å². The highest BCUT2D eigenvalue weighted by Gasteiger charge is 2.21. The Morgan fingerprint density at radius 1 is 1.38 bits per heavy atom. The number of aromatic amines is 1. The van der Waals surface area contributed by atoms with Crippen LogP contribution in [-0.4, -0.2) is 32.2 Å². The number of aromatic nitrogens is 4. The highest BCUT2D eigenvalue weighted by Crippen LogP contribution is 2.40. The van der Waals surface area contributed by atoms with E-state index in [1.54, 1.807) is 10.8 Å². The molecule has 0 bridgehead atoms. The quantitative estimate of drug-likeness (QED) is 0.537. The summed E-state index contributed by atoms with van der Waals surface area (Å²) in [5.41, 5.74) is 6.23. The van der Waals surface area contributed by atoms with E-state index in [1.807, 2.05) is 26.1 Å². The smallest absolute Gasteiger partial charge is 0.348 e. The van der Waals surface area contributed by atoms with Gasteiger partial charge in [0.2, 0.25) is 0 Å². The Kier molecular flexibility index (Phi) is 4.03. The van der Waals surface area contributed by atoms with Crippen molar-refractivity contribution in [3.05, 3.63) is 40.7 Å². The summed E-state index contributed by atoms with van der Waals surface area (Å²) in [5, 5.41) is 4.27. The summed E-state index contributed by atoms with van der Waals surface area (Å²) in [5.74, 6) is 0.0393. The van der Waals surface area contributed by atoms with Gasteiger partial charge in [-0.15, -0.1) is 11.3 Å². The van der Waals surface area contributed by atoms with Gasteiger partial charge in [-0.05, 0) is 43.0 Å². The Hall–Kier alpha value is -2.67. The average molecular weight is 368 g/mol. The number of nitrogens with zero attached hydrogens (tertiary/aromatic N) is 3. The summed E-state index contributed by atoms with van der Waals surface area (Å²) in [6, 6.07) is 4.01. The largest absolute Gasteiger partial charge is 0.462 e. The van der Waals surface area contributed by atoms with Crippen LogP contribution in [0.5, 0.6) is 0 Å². The second kappa shape index (κ2) is 6.25. The van der Waals surface area contributed by atoms with Crippen molar-refractivity contribution < 1.29 is 9.53 Å². The number of hydrogen-bond acceptors (Lipinski definition) is 5. The highest BCUT2D eigenvalue weighted by molar-refractivity contribution is 7.21. The van der Waals surface area contributed by atoms with Gasteiger partial charge in [-0.1, -0.05) is 13.8 Å². The number of fused-ring (bicyclic) bond motifs is 2. The number of rotatable bonds is 4. The van der Waals surface area contributed by atoms with Gasteiger partial charge in [0, 0.05) is 11.8 Å². The Balaban J connectivity index is 1.90. The molecule has 0 aromatic carbocycles. The van der Waals surface area contributed by atoms with E-state index in [-0.39, 0.29) is 5.97 Å². The number of carbonyl (C=O) groups is 1. The Morgan fingerprint density at radius 3 is 2.92 bits per heavy atom. The van der Waals surface area contributed by atoms with Crippen LogP contribution >= 0.6 is 11.3 Å². The molecule has 0 amide bonds. The fourth-order valence-electron chi connectivity index (χ4n) is 3.31. The standard InChI is InChI=1S/C19H20N4O2S/c1-5-25-19(24)14-7-13-17(26-14)15(10(2)3)16(22-13)12-6-11(4)18-20-9-21-23(18)8-12/h6-10,22H,5H2,1-4H3. The molecule has 0 radical (unpaired) electrons. The predicted molar refractivity (Wildman–Crippen MR) is 103 cm³/mol. The van der Waals surface area contributed by atoms with Gasteiger partial charge in [0.05, 0.1) is 22.5 Å². The fourth-order valence-corrected chi connectivity index (χ4v) is 4.52. The summed E-state index contributed by atoms with van der Waals surface area (Å²) in [4.78, 5) is 20.5. The first-order valence-corrected chi connectivity index (χ1v) is 9.44. The number of hydrogen-bond donors (Lipinski definition) is 1. The molecule has 0 unspecified atom stereocenters. The van der Waals surface area contributed by atoms with Gasteiger partial charge in [0.15, 0.2) is 5.65 Å². The molecule has 0 aliphatic rings. The molecule has 7 heteroatoms. The Morgan fingerprint density at radius 2 is 2.19 bits per heavy atom. The van der Waals surface area contributed by atoms with Crippen LogP contribution in [0.2, 0.25) is 0 Å². The third kappa shape index (κ3) is 2.59. The average Bonchev–Trinajstić information content (AvgIpc) is 3.27. The molecule has 0 saturated carbocycles. The molecule has 26 heavy (non-hydrogen) atoms. The molecule has 134 valence electrons. The molecule has 4 heterocycles. The predicted octanol–water partition coefficient (Wildman–Crippen LogP) is 4.55. The van der Waals surface area contributed by atoms with E-state index in [0.717, 1.165) is 32.7 Å². The number of thiophene rings is 1. The molecular weight excluding hydrogens is 348 g/mol. The topological polar surface area (TPSA) is 72.3 Å². The van der Waals surface area contributed by atoms with E-state index >= 15 is 0 Å². The van der Waals surface area contributed by atoms with Crippen LogP contribution in [0.15, 0.2) is 24.7 Å². The van der Waals surface area contributed by atoms with Crippen molar-refractivity contribution in [3.8, 4) is 11.3 Å². The van der Waals surface area contributed by atoms with Gasteiger partial charge in [-0.2, -0.15) is 5.10 Å². The summed E-state index contributed by atoms with van der Waals surface area (Å²) in [7, 11) is 0. The lowest BCUT2D eigenvalue weighted by Gasteiger charge is -2.09. The third-order valence-corrected chi connectivity index (χ3v) is 5.56. The second-order valence-electron chi connectivity index (χ2n) is 6.58. The normalized spacial score (nSPS) is 11.7. The number of aryl methyl sites for hydroxylation is 1. The van der Waals surface area contributed by atoms with Crippen LogP contribution in [-0.2, 0) is 4.74 Å². The summed E-state index contributed by atoms with van der Waals surface area (Å²) < 4.78 is 8.04. The number of nitrogens with one attached hydrogen (secondary N) is 1. The highest BCUT2D eigenvalue weighted by atomic mass is 32.1. The Bertz CT molecular complexity index is 1120. The van der Waals surface area contributed by atoms with Crippen LogP contribution in [0.3, 0.4) is 0 Å². The number of H-pyrrole nitrogens is 1. The molecule has 4 aromatic rings. The van der Waals surface area contributed by atoms with E-state index in [2.05, 4.69) is 35.0 Å². The van der Waals surface area contributed by atoms with Crippen LogP contribution in [0.25, 0.3) is 27.1 Å². The molecule has 0 saturated heterocycles. The van der Waals surface area contributed by atoms with Gasteiger partial charge < -0.3 is 9.72 Å². The van der Waals surface area contributed by atoms with Crippen molar-refractivity contribution >= 4 is 33.2 Å². The monoisotopic (exact) mass is 368 g/mol. The van der Waals surface area contributed by atoms with E-state index in [9.17, 15) is 4.79 Å². The zero-order valence-electron chi connectivity index (χ0n) is 15.2. The maximum absolute atomic E-state index is 12.1. The van der Waals surface area contributed by atoms with Crippen LogP contribution < -0.4 is 0 Å². The minimum atomic E-state index is -0.266. The van der Waals surface area contributed by atoms with E-state index < -0.39 is 0 Å². The molecule has 0 spiro atoms. The minimum absolute atomic E-state index is 0.266. The number of ether oxygens (including phenoxy) is 1. The minimum Gasteiger partial charge on any atom is -0.462 e. The fraction of sp³-hybridized carbons (Fsp3) is 0.316. The lowest BCUT2D eigenvalue weighted by molar-refractivity contribution is 0.0532. The molecule has 0 aliphatic carbocycles. The third-order valence-electron chi connectivity index (χ3n) is 4.41. The van der Waals surface area contributed by atoms with Crippen molar-refractivity contribution in [2.75, 3.05) is 6.61 Å². The molecule has 0 aliphatic heterocycles. The number of esters is 1. The maximum atomic E-state index is 12.1. The van der Waals surface area contributed by atoms with Crippen LogP contribution in [0.1, 0.15) is 47.5 Å². The molecule has 4 rings (SSSR count). The lowest BCUT2D eigenvalue weighted by atomic mass is 9.99. The second-order valence-corrected chi connectivity index (χ2v) is 7.63. The Labute approximate surface area is 154 Å². The number of pyridine rings is 1. The molecule has 4 aromatic heterocycles. The van der Waals surface area contributed by atoms with Gasteiger partial charge in [-0.25, -0.2) is 14.3 Å². The van der Waals surface area contributed by atoms with Gasteiger partial charge >= 0.3 is 5.97 Å². The zero-order valence-corrected chi connectivity index (χ0v) is 16.0. The number of carbonyl (C=O) groups excluding carboxylic acids is 1. The van der Waals surface area contributed by atoms with Gasteiger partial charge in [-0.3, -0.25) is 0 Å². The summed E-state index contributed by atoms with van der Waals surface area (Å²) >= 11 is 1.48. The van der Waals surface area contributed by atoms with Crippen molar-refractivity contribution in [1.29, 1.82) is 0 Å². The zero-order chi connectivity index (χ0) is 18.4. The van der Waals surface area contributed by atoms with Crippen molar-refractivity contribution in [2.45, 2.75) is 33.6 Å². The lowest BCUT2D eigenvalue weighted by Crippen LogP contribution is -2.01. The first-order chi connectivity index (χ1) is 12.5. The first kappa shape index (κ1) is 16.8. The summed E-state index contributed by atoms with van der Waals surface area (Å²) in [6.07, 6.45) is 3.55. The maximum Gasteiger partial charge on any atom is 0.348 e. The van der Waals surface area contributed by atoms with Crippen LogP contribution in [0, 0.1) is 6.92 Å². The summed E-state index contributed by atoms with van der Waals surface area (Å²) in [6.45, 7) is 8.56. The molecule has 6 nitrogen and oxygen atoms in total. The first-order valence-electron chi connectivity index (χ1n) is 8.62. The van der Waals surface area contributed by atoms with Crippen molar-refractivity contribution in [1.82, 2.24) is 19.6 Å².